The zero-order valence-electron chi connectivity index (χ0n) is 8.07. The minimum absolute atomic E-state index is 0.644. The molecule has 0 fully saturated rings. The van der Waals surface area contributed by atoms with Crippen molar-refractivity contribution >= 4 is 22.6 Å². The van der Waals surface area contributed by atoms with E-state index in [-0.39, 0.29) is 0 Å². The van der Waals surface area contributed by atoms with Gasteiger partial charge in [0.15, 0.2) is 0 Å². The Morgan fingerprint density at radius 1 is 1.29 bits per heavy atom. The molecule has 0 spiro atoms. The Morgan fingerprint density at radius 3 is 2.57 bits per heavy atom. The van der Waals surface area contributed by atoms with Crippen LogP contribution in [0.4, 0.5) is 0 Å². The Morgan fingerprint density at radius 2 is 2.00 bits per heavy atom. The highest BCUT2D eigenvalue weighted by molar-refractivity contribution is 14.1. The standard InChI is InChI=1S/C11H13IO2/c1-13-11-5-3-10(4-6-11)9-14-8-2-7-12/h2-7H,8-9H2,1H3/b7-2-. The summed E-state index contributed by atoms with van der Waals surface area (Å²) in [6.07, 6.45) is 1.98. The van der Waals surface area contributed by atoms with Crippen LogP contribution < -0.4 is 4.74 Å². The minimum atomic E-state index is 0.644. The molecule has 1 rings (SSSR count). The molecule has 0 heterocycles. The normalized spacial score (nSPS) is 10.7. The summed E-state index contributed by atoms with van der Waals surface area (Å²) >= 11 is 2.17. The highest BCUT2D eigenvalue weighted by atomic mass is 127. The fourth-order valence-corrected chi connectivity index (χ4v) is 1.21. The average molecular weight is 304 g/mol. The molecule has 0 N–H and O–H groups in total. The molecule has 0 atom stereocenters. The summed E-state index contributed by atoms with van der Waals surface area (Å²) in [7, 11) is 1.66. The molecular formula is C11H13IO2. The van der Waals surface area contributed by atoms with Gasteiger partial charge in [-0.15, -0.1) is 0 Å². The molecule has 0 aliphatic rings. The van der Waals surface area contributed by atoms with Crippen LogP contribution in [-0.2, 0) is 11.3 Å². The molecule has 2 nitrogen and oxygen atoms in total. The van der Waals surface area contributed by atoms with E-state index in [0.717, 1.165) is 11.3 Å². The molecule has 0 aromatic heterocycles. The van der Waals surface area contributed by atoms with Crippen LogP contribution in [0.25, 0.3) is 0 Å². The van der Waals surface area contributed by atoms with Crippen LogP contribution in [0, 0.1) is 0 Å². The lowest BCUT2D eigenvalue weighted by atomic mass is 10.2. The molecule has 0 bridgehead atoms. The van der Waals surface area contributed by atoms with Crippen molar-refractivity contribution in [1.29, 1.82) is 0 Å². The maximum Gasteiger partial charge on any atom is 0.118 e. The van der Waals surface area contributed by atoms with Crippen LogP contribution in [0.3, 0.4) is 0 Å². The van der Waals surface area contributed by atoms with E-state index in [1.54, 1.807) is 7.11 Å². The molecule has 0 unspecified atom stereocenters. The van der Waals surface area contributed by atoms with Gasteiger partial charge in [-0.25, -0.2) is 0 Å². The Labute approximate surface area is 98.1 Å². The number of benzene rings is 1. The van der Waals surface area contributed by atoms with Crippen LogP contribution in [0.2, 0.25) is 0 Å². The highest BCUT2D eigenvalue weighted by Gasteiger charge is 1.93. The molecule has 0 amide bonds. The van der Waals surface area contributed by atoms with Gasteiger partial charge in [-0.1, -0.05) is 40.8 Å². The van der Waals surface area contributed by atoms with Crippen molar-refractivity contribution in [3.05, 3.63) is 40.0 Å². The van der Waals surface area contributed by atoms with Crippen LogP contribution in [0.1, 0.15) is 5.56 Å². The summed E-state index contributed by atoms with van der Waals surface area (Å²) in [4.78, 5) is 0. The molecule has 0 aliphatic carbocycles. The molecule has 0 saturated carbocycles. The molecule has 0 saturated heterocycles. The van der Waals surface area contributed by atoms with E-state index >= 15 is 0 Å². The monoisotopic (exact) mass is 304 g/mol. The Balaban J connectivity index is 2.36. The first kappa shape index (κ1) is 11.5. The number of methoxy groups -OCH3 is 1. The van der Waals surface area contributed by atoms with Gasteiger partial charge in [0.05, 0.1) is 20.3 Å². The van der Waals surface area contributed by atoms with Crippen molar-refractivity contribution in [2.75, 3.05) is 13.7 Å². The number of ether oxygens (including phenoxy) is 2. The Kier molecular flexibility index (Phi) is 5.63. The largest absolute Gasteiger partial charge is 0.497 e. The third-order valence-electron chi connectivity index (χ3n) is 1.73. The van der Waals surface area contributed by atoms with Gasteiger partial charge in [-0.3, -0.25) is 0 Å². The van der Waals surface area contributed by atoms with Gasteiger partial charge in [0.1, 0.15) is 5.75 Å². The second-order valence-corrected chi connectivity index (χ2v) is 3.44. The number of rotatable bonds is 5. The first-order valence-electron chi connectivity index (χ1n) is 4.32. The predicted octanol–water partition coefficient (Wildman–Crippen LogP) is 3.16. The third-order valence-corrected chi connectivity index (χ3v) is 2.24. The summed E-state index contributed by atoms with van der Waals surface area (Å²) < 4.78 is 12.4. The molecular weight excluding hydrogens is 291 g/mol. The maximum atomic E-state index is 5.40. The summed E-state index contributed by atoms with van der Waals surface area (Å²) in [6, 6.07) is 7.89. The van der Waals surface area contributed by atoms with Gasteiger partial charge in [0.2, 0.25) is 0 Å². The lowest BCUT2D eigenvalue weighted by molar-refractivity contribution is 0.149. The van der Waals surface area contributed by atoms with Gasteiger partial charge < -0.3 is 9.47 Å². The fourth-order valence-electron chi connectivity index (χ4n) is 1.00. The van der Waals surface area contributed by atoms with Crippen molar-refractivity contribution in [2.24, 2.45) is 0 Å². The summed E-state index contributed by atoms with van der Waals surface area (Å²) in [5, 5.41) is 0. The first-order valence-corrected chi connectivity index (χ1v) is 5.57. The van der Waals surface area contributed by atoms with E-state index in [1.165, 1.54) is 0 Å². The summed E-state index contributed by atoms with van der Waals surface area (Å²) in [6.45, 7) is 1.31. The molecule has 76 valence electrons. The average Bonchev–Trinajstić information content (AvgIpc) is 2.25. The van der Waals surface area contributed by atoms with Gasteiger partial charge in [0.25, 0.3) is 0 Å². The van der Waals surface area contributed by atoms with Gasteiger partial charge in [0, 0.05) is 0 Å². The molecule has 1 aromatic rings. The van der Waals surface area contributed by atoms with E-state index in [2.05, 4.69) is 22.6 Å². The summed E-state index contributed by atoms with van der Waals surface area (Å²) in [5.74, 6) is 0.876. The first-order chi connectivity index (χ1) is 6.86. The molecule has 3 heteroatoms. The topological polar surface area (TPSA) is 18.5 Å². The van der Waals surface area contributed by atoms with E-state index in [9.17, 15) is 0 Å². The van der Waals surface area contributed by atoms with Crippen molar-refractivity contribution in [2.45, 2.75) is 6.61 Å². The van der Waals surface area contributed by atoms with E-state index in [1.807, 2.05) is 34.4 Å². The number of halogens is 1. The predicted molar refractivity (Wildman–Crippen MR) is 65.8 cm³/mol. The number of hydrogen-bond donors (Lipinski definition) is 0. The number of hydrogen-bond acceptors (Lipinski definition) is 2. The molecule has 0 radical (unpaired) electrons. The second kappa shape index (κ2) is 6.84. The zero-order chi connectivity index (χ0) is 10.2. The lowest BCUT2D eigenvalue weighted by Gasteiger charge is -2.03. The van der Waals surface area contributed by atoms with Crippen LogP contribution >= 0.6 is 22.6 Å². The van der Waals surface area contributed by atoms with Gasteiger partial charge in [-0.2, -0.15) is 0 Å². The Hall–Kier alpha value is -0.550. The zero-order valence-corrected chi connectivity index (χ0v) is 10.2. The van der Waals surface area contributed by atoms with Crippen LogP contribution in [0.5, 0.6) is 5.75 Å². The fraction of sp³-hybridized carbons (Fsp3) is 0.273. The van der Waals surface area contributed by atoms with Gasteiger partial charge >= 0.3 is 0 Å². The van der Waals surface area contributed by atoms with E-state index in [4.69, 9.17) is 9.47 Å². The third kappa shape index (κ3) is 4.11. The molecule has 14 heavy (non-hydrogen) atoms. The molecule has 1 aromatic carbocycles. The maximum absolute atomic E-state index is 5.40. The van der Waals surface area contributed by atoms with E-state index < -0.39 is 0 Å². The smallest absolute Gasteiger partial charge is 0.118 e. The van der Waals surface area contributed by atoms with Crippen LogP contribution in [0.15, 0.2) is 34.4 Å². The minimum Gasteiger partial charge on any atom is -0.497 e. The second-order valence-electron chi connectivity index (χ2n) is 2.72. The van der Waals surface area contributed by atoms with Gasteiger partial charge in [-0.05, 0) is 21.8 Å². The Bertz CT molecular complexity index is 280. The van der Waals surface area contributed by atoms with Crippen molar-refractivity contribution in [1.82, 2.24) is 0 Å². The van der Waals surface area contributed by atoms with Crippen molar-refractivity contribution < 1.29 is 9.47 Å². The quantitative estimate of drug-likeness (QED) is 0.614. The highest BCUT2D eigenvalue weighted by Crippen LogP contribution is 2.11. The summed E-state index contributed by atoms with van der Waals surface area (Å²) in [5.41, 5.74) is 1.16. The molecule has 0 aliphatic heterocycles. The van der Waals surface area contributed by atoms with Crippen molar-refractivity contribution in [3.8, 4) is 5.75 Å². The van der Waals surface area contributed by atoms with Crippen molar-refractivity contribution in [3.63, 3.8) is 0 Å². The van der Waals surface area contributed by atoms with Crippen LogP contribution in [-0.4, -0.2) is 13.7 Å². The van der Waals surface area contributed by atoms with E-state index in [0.29, 0.717) is 13.2 Å². The SMILES string of the molecule is COc1ccc(COC/C=C\I)cc1. The lowest BCUT2D eigenvalue weighted by Crippen LogP contribution is -1.92.